The average molecular weight is 367 g/mol. The van der Waals surface area contributed by atoms with Gasteiger partial charge in [0.05, 0.1) is 7.11 Å². The molecule has 7 heteroatoms. The van der Waals surface area contributed by atoms with E-state index in [2.05, 4.69) is 10.6 Å². The number of carbonyl (C=O) groups is 3. The van der Waals surface area contributed by atoms with Crippen LogP contribution < -0.4 is 15.4 Å². The monoisotopic (exact) mass is 367 g/mol. The predicted molar refractivity (Wildman–Crippen MR) is 99.0 cm³/mol. The van der Waals surface area contributed by atoms with Crippen molar-refractivity contribution >= 4 is 17.8 Å². The molecule has 140 valence electrons. The van der Waals surface area contributed by atoms with Gasteiger partial charge < -0.3 is 15.4 Å². The highest BCUT2D eigenvalue weighted by atomic mass is 16.5. The molecule has 1 aliphatic rings. The summed E-state index contributed by atoms with van der Waals surface area (Å²) < 4.78 is 5.08. The number of ether oxygens (including phenoxy) is 1. The van der Waals surface area contributed by atoms with Crippen LogP contribution >= 0.6 is 0 Å². The maximum Gasteiger partial charge on any atom is 0.325 e. The molecule has 0 spiro atoms. The molecule has 2 aromatic rings. The van der Waals surface area contributed by atoms with Gasteiger partial charge in [0.2, 0.25) is 5.91 Å². The maximum absolute atomic E-state index is 12.4. The lowest BCUT2D eigenvalue weighted by molar-refractivity contribution is -0.132. The standard InChI is InChI=1S/C20H21N3O4/c1-27-16-9-7-15(8-10-16)12-21-18(24)13-23-19(25)17(22-20(23)26)11-14-5-3-2-4-6-14/h2-10,17H,11-13H2,1H3,(H,21,24)(H,22,26). The number of nitrogens with one attached hydrogen (secondary N) is 2. The van der Waals surface area contributed by atoms with E-state index in [0.717, 1.165) is 21.8 Å². The molecule has 0 bridgehead atoms. The van der Waals surface area contributed by atoms with Crippen LogP contribution in [0.5, 0.6) is 5.75 Å². The summed E-state index contributed by atoms with van der Waals surface area (Å²) in [5.41, 5.74) is 1.84. The second-order valence-electron chi connectivity index (χ2n) is 6.24. The number of methoxy groups -OCH3 is 1. The Balaban J connectivity index is 1.52. The first-order chi connectivity index (χ1) is 13.1. The molecule has 3 rings (SSSR count). The average Bonchev–Trinajstić information content (AvgIpc) is 2.95. The van der Waals surface area contributed by atoms with E-state index in [-0.39, 0.29) is 12.5 Å². The summed E-state index contributed by atoms with van der Waals surface area (Å²) in [6, 6.07) is 15.5. The topological polar surface area (TPSA) is 87.7 Å². The molecule has 27 heavy (non-hydrogen) atoms. The number of urea groups is 1. The normalized spacial score (nSPS) is 16.2. The smallest absolute Gasteiger partial charge is 0.325 e. The van der Waals surface area contributed by atoms with Crippen LogP contribution in [0.3, 0.4) is 0 Å². The van der Waals surface area contributed by atoms with Gasteiger partial charge in [0.25, 0.3) is 5.91 Å². The van der Waals surface area contributed by atoms with Gasteiger partial charge in [-0.2, -0.15) is 0 Å². The van der Waals surface area contributed by atoms with E-state index in [1.165, 1.54) is 0 Å². The Kier molecular flexibility index (Phi) is 5.71. The zero-order chi connectivity index (χ0) is 19.2. The van der Waals surface area contributed by atoms with Gasteiger partial charge in [-0.25, -0.2) is 4.79 Å². The van der Waals surface area contributed by atoms with E-state index in [1.54, 1.807) is 19.2 Å². The van der Waals surface area contributed by atoms with Crippen molar-refractivity contribution in [1.29, 1.82) is 0 Å². The number of carbonyl (C=O) groups excluding carboxylic acids is 3. The first-order valence-electron chi connectivity index (χ1n) is 8.62. The summed E-state index contributed by atoms with van der Waals surface area (Å²) >= 11 is 0. The summed E-state index contributed by atoms with van der Waals surface area (Å²) in [7, 11) is 1.58. The molecule has 1 aliphatic heterocycles. The molecule has 0 aromatic heterocycles. The third-order valence-corrected chi connectivity index (χ3v) is 4.34. The van der Waals surface area contributed by atoms with Crippen molar-refractivity contribution in [2.75, 3.05) is 13.7 Å². The van der Waals surface area contributed by atoms with Gasteiger partial charge in [-0.15, -0.1) is 0 Å². The molecule has 1 atom stereocenters. The van der Waals surface area contributed by atoms with Crippen LogP contribution in [0.4, 0.5) is 4.79 Å². The summed E-state index contributed by atoms with van der Waals surface area (Å²) in [4.78, 5) is 37.6. The lowest BCUT2D eigenvalue weighted by Gasteiger charge is -2.13. The van der Waals surface area contributed by atoms with Gasteiger partial charge in [0.1, 0.15) is 18.3 Å². The fourth-order valence-corrected chi connectivity index (χ4v) is 2.86. The fraction of sp³-hybridized carbons (Fsp3) is 0.250. The van der Waals surface area contributed by atoms with E-state index in [0.29, 0.717) is 13.0 Å². The molecule has 4 amide bonds. The van der Waals surface area contributed by atoms with E-state index >= 15 is 0 Å². The van der Waals surface area contributed by atoms with Crippen molar-refractivity contribution in [2.45, 2.75) is 19.0 Å². The van der Waals surface area contributed by atoms with E-state index in [4.69, 9.17) is 4.74 Å². The number of rotatable bonds is 7. The first-order valence-corrected chi connectivity index (χ1v) is 8.62. The summed E-state index contributed by atoms with van der Waals surface area (Å²) in [5.74, 6) is -0.0491. The number of nitrogens with zero attached hydrogens (tertiary/aromatic N) is 1. The number of amides is 4. The fourth-order valence-electron chi connectivity index (χ4n) is 2.86. The highest BCUT2D eigenvalue weighted by Gasteiger charge is 2.38. The minimum atomic E-state index is -0.644. The molecule has 1 saturated heterocycles. The van der Waals surface area contributed by atoms with Gasteiger partial charge in [-0.1, -0.05) is 42.5 Å². The van der Waals surface area contributed by atoms with Crippen LogP contribution in [0.1, 0.15) is 11.1 Å². The molecular formula is C20H21N3O4. The van der Waals surface area contributed by atoms with E-state index in [9.17, 15) is 14.4 Å². The third kappa shape index (κ3) is 4.63. The van der Waals surface area contributed by atoms with Crippen LogP contribution in [0.15, 0.2) is 54.6 Å². The Hall–Kier alpha value is -3.35. The lowest BCUT2D eigenvalue weighted by Crippen LogP contribution is -2.41. The Morgan fingerprint density at radius 1 is 1.07 bits per heavy atom. The van der Waals surface area contributed by atoms with E-state index in [1.807, 2.05) is 42.5 Å². The third-order valence-electron chi connectivity index (χ3n) is 4.34. The van der Waals surface area contributed by atoms with Gasteiger partial charge in [-0.05, 0) is 23.3 Å². The van der Waals surface area contributed by atoms with Gasteiger partial charge in [-0.3, -0.25) is 14.5 Å². The highest BCUT2D eigenvalue weighted by Crippen LogP contribution is 2.13. The Morgan fingerprint density at radius 2 is 1.78 bits per heavy atom. The molecule has 1 unspecified atom stereocenters. The van der Waals surface area contributed by atoms with Crippen LogP contribution in [0.25, 0.3) is 0 Å². The molecule has 2 aromatic carbocycles. The molecule has 0 aliphatic carbocycles. The van der Waals surface area contributed by atoms with Crippen LogP contribution in [-0.4, -0.2) is 42.4 Å². The van der Waals surface area contributed by atoms with Crippen LogP contribution in [0.2, 0.25) is 0 Å². The zero-order valence-electron chi connectivity index (χ0n) is 15.0. The zero-order valence-corrected chi connectivity index (χ0v) is 15.0. The molecule has 1 heterocycles. The Bertz CT molecular complexity index is 821. The summed E-state index contributed by atoms with van der Waals surface area (Å²) in [6.45, 7) is 0.00598. The predicted octanol–water partition coefficient (Wildman–Crippen LogP) is 1.47. The second kappa shape index (κ2) is 8.35. The van der Waals surface area contributed by atoms with Crippen molar-refractivity contribution in [1.82, 2.24) is 15.5 Å². The Labute approximate surface area is 157 Å². The number of benzene rings is 2. The second-order valence-corrected chi connectivity index (χ2v) is 6.24. The molecule has 0 saturated carbocycles. The van der Waals surface area contributed by atoms with Crippen molar-refractivity contribution in [3.8, 4) is 5.75 Å². The summed E-state index contributed by atoms with van der Waals surface area (Å²) in [6.07, 6.45) is 0.398. The highest BCUT2D eigenvalue weighted by molar-refractivity contribution is 6.06. The first kappa shape index (κ1) is 18.4. The van der Waals surface area contributed by atoms with Crippen LogP contribution in [-0.2, 0) is 22.6 Å². The van der Waals surface area contributed by atoms with Gasteiger partial charge >= 0.3 is 6.03 Å². The number of hydrogen-bond donors (Lipinski definition) is 2. The molecule has 7 nitrogen and oxygen atoms in total. The van der Waals surface area contributed by atoms with Crippen molar-refractivity contribution in [3.05, 3.63) is 65.7 Å². The molecule has 0 radical (unpaired) electrons. The molecule has 2 N–H and O–H groups in total. The molecular weight excluding hydrogens is 346 g/mol. The minimum Gasteiger partial charge on any atom is -0.497 e. The minimum absolute atomic E-state index is 0.299. The van der Waals surface area contributed by atoms with Gasteiger partial charge in [0.15, 0.2) is 0 Å². The van der Waals surface area contributed by atoms with Crippen molar-refractivity contribution < 1.29 is 19.1 Å². The number of hydrogen-bond acceptors (Lipinski definition) is 4. The van der Waals surface area contributed by atoms with Crippen LogP contribution in [0, 0.1) is 0 Å². The van der Waals surface area contributed by atoms with Crippen molar-refractivity contribution in [3.63, 3.8) is 0 Å². The molecule has 1 fully saturated rings. The van der Waals surface area contributed by atoms with Gasteiger partial charge in [0, 0.05) is 13.0 Å². The van der Waals surface area contributed by atoms with Crippen molar-refractivity contribution in [2.24, 2.45) is 0 Å². The van der Waals surface area contributed by atoms with E-state index < -0.39 is 18.0 Å². The maximum atomic E-state index is 12.4. The SMILES string of the molecule is COc1ccc(CNC(=O)CN2C(=O)NC(Cc3ccccc3)C2=O)cc1. The lowest BCUT2D eigenvalue weighted by atomic mass is 10.1. The number of imide groups is 1. The summed E-state index contributed by atoms with van der Waals surface area (Å²) in [5, 5.41) is 5.35. The quantitative estimate of drug-likeness (QED) is 0.726. The largest absolute Gasteiger partial charge is 0.497 e. The Morgan fingerprint density at radius 3 is 2.44 bits per heavy atom.